The minimum atomic E-state index is -5.78. The summed E-state index contributed by atoms with van der Waals surface area (Å²) in [6, 6.07) is 18.2. The number of aliphatic hydroxyl groups is 1. The van der Waals surface area contributed by atoms with E-state index in [0.717, 1.165) is 11.3 Å². The number of nitrogens with one attached hydrogen (secondary N) is 1. The van der Waals surface area contributed by atoms with E-state index in [-0.39, 0.29) is 6.54 Å². The smallest absolute Gasteiger partial charge is 0.365 e. The van der Waals surface area contributed by atoms with Gasteiger partial charge in [0.15, 0.2) is 7.60 Å². The highest BCUT2D eigenvalue weighted by Gasteiger charge is 2.53. The molecule has 0 aliphatic carbocycles. The Morgan fingerprint density at radius 1 is 1.00 bits per heavy atom. The van der Waals surface area contributed by atoms with E-state index in [9.17, 15) is 33.8 Å². The summed E-state index contributed by atoms with van der Waals surface area (Å²) in [4.78, 5) is 39.7. The highest BCUT2D eigenvalue weighted by atomic mass is 32.1. The van der Waals surface area contributed by atoms with E-state index in [0.29, 0.717) is 10.8 Å². The normalized spacial score (nSPS) is 15.9. The number of hydrogen-bond acceptors (Lipinski definition) is 6. The highest BCUT2D eigenvalue weighted by Crippen LogP contribution is 2.67. The Balaban J connectivity index is 2.02. The second-order valence-electron chi connectivity index (χ2n) is 6.52. The van der Waals surface area contributed by atoms with Crippen molar-refractivity contribution in [1.82, 2.24) is 0 Å². The average molecular weight is 470 g/mol. The summed E-state index contributed by atoms with van der Waals surface area (Å²) in [5, 5.41) is 12.1. The molecule has 2 unspecified atom stereocenters. The lowest BCUT2D eigenvalue weighted by Crippen LogP contribution is -2.42. The number of benzene rings is 2. The van der Waals surface area contributed by atoms with Gasteiger partial charge < -0.3 is 29.2 Å². The maximum atomic E-state index is 11.7. The molecule has 3 rings (SSSR count). The Labute approximate surface area is 176 Å². The van der Waals surface area contributed by atoms with Crippen molar-refractivity contribution in [3.05, 3.63) is 66.0 Å². The molecule has 2 atom stereocenters. The maximum absolute atomic E-state index is 11.7. The lowest BCUT2D eigenvalue weighted by Gasteiger charge is -2.35. The molecule has 0 aliphatic heterocycles. The molecular weight excluding hydrogens is 450 g/mol. The van der Waals surface area contributed by atoms with Crippen molar-refractivity contribution in [1.29, 1.82) is 0 Å². The van der Waals surface area contributed by atoms with Crippen LogP contribution in [-0.4, -0.2) is 24.9 Å². The van der Waals surface area contributed by atoms with Crippen LogP contribution in [0.3, 0.4) is 0 Å². The van der Waals surface area contributed by atoms with Crippen LogP contribution in [0.2, 0.25) is 0 Å². The summed E-state index contributed by atoms with van der Waals surface area (Å²) in [6.45, 7) is -0.294. The molecular formula is C18H20N2O7P2S. The quantitative estimate of drug-likeness (QED) is 0.248. The predicted octanol–water partition coefficient (Wildman–Crippen LogP) is 2.21. The first-order valence-electron chi connectivity index (χ1n) is 8.74. The van der Waals surface area contributed by atoms with Crippen molar-refractivity contribution in [2.24, 2.45) is 0 Å². The topological polar surface area (TPSA) is 154 Å². The van der Waals surface area contributed by atoms with Crippen molar-refractivity contribution in [2.75, 3.05) is 5.32 Å². The number of thiazole rings is 1. The third kappa shape index (κ3) is 4.72. The van der Waals surface area contributed by atoms with Gasteiger partial charge in [0, 0.05) is 17.4 Å². The Bertz CT molecular complexity index is 1070. The molecule has 0 radical (unpaired) electrons. The van der Waals surface area contributed by atoms with Gasteiger partial charge in [-0.1, -0.05) is 59.9 Å². The van der Waals surface area contributed by atoms with Gasteiger partial charge in [-0.2, -0.15) is 0 Å². The van der Waals surface area contributed by atoms with Gasteiger partial charge in [-0.25, -0.2) is 9.88 Å². The number of aromatic nitrogens is 1. The molecule has 0 aliphatic rings. The Kier molecular flexibility index (Phi) is 6.62. The lowest BCUT2D eigenvalue weighted by molar-refractivity contribution is -0.669. The number of anilines is 2. The van der Waals surface area contributed by atoms with E-state index >= 15 is 0 Å². The van der Waals surface area contributed by atoms with E-state index in [2.05, 4.69) is 5.32 Å². The first kappa shape index (κ1) is 22.8. The molecule has 160 valence electrons. The van der Waals surface area contributed by atoms with Crippen molar-refractivity contribution in [2.45, 2.75) is 18.0 Å². The van der Waals surface area contributed by atoms with E-state index in [4.69, 9.17) is 0 Å². The Morgan fingerprint density at radius 2 is 1.57 bits per heavy atom. The van der Waals surface area contributed by atoms with Gasteiger partial charge >= 0.3 is 12.7 Å². The molecule has 0 fully saturated rings. The number of rotatable bonds is 8. The van der Waals surface area contributed by atoms with Gasteiger partial charge in [0.1, 0.15) is 11.4 Å². The zero-order chi connectivity index (χ0) is 22.0. The largest absolute Gasteiger partial charge is 0.776 e. The third-order valence-electron chi connectivity index (χ3n) is 4.50. The van der Waals surface area contributed by atoms with Gasteiger partial charge in [0.05, 0.1) is 6.54 Å². The van der Waals surface area contributed by atoms with Gasteiger partial charge in [0.2, 0.25) is 5.08 Å². The van der Waals surface area contributed by atoms with Gasteiger partial charge in [-0.05, 0) is 12.1 Å². The van der Waals surface area contributed by atoms with E-state index < -0.39 is 26.7 Å². The van der Waals surface area contributed by atoms with Crippen LogP contribution in [0.1, 0.15) is 6.42 Å². The number of hydrogen-bond donors (Lipinski definition) is 5. The van der Waals surface area contributed by atoms with Gasteiger partial charge in [-0.15, -0.1) is 0 Å². The molecule has 2 aromatic carbocycles. The summed E-state index contributed by atoms with van der Waals surface area (Å²) in [6.07, 6.45) is -0.917. The molecule has 0 saturated heterocycles. The summed E-state index contributed by atoms with van der Waals surface area (Å²) >= 11 is 1.30. The van der Waals surface area contributed by atoms with Crippen LogP contribution in [0.25, 0.3) is 11.3 Å². The summed E-state index contributed by atoms with van der Waals surface area (Å²) in [5.41, 5.74) is 2.17. The molecule has 30 heavy (non-hydrogen) atoms. The predicted molar refractivity (Wildman–Crippen MR) is 111 cm³/mol. The van der Waals surface area contributed by atoms with Crippen molar-refractivity contribution < 1.29 is 38.4 Å². The van der Waals surface area contributed by atoms with Crippen molar-refractivity contribution >= 4 is 37.3 Å². The molecule has 3 aromatic rings. The first-order valence-corrected chi connectivity index (χ1v) is 12.8. The summed E-state index contributed by atoms with van der Waals surface area (Å²) in [5.74, 6) is 0. The second kappa shape index (κ2) is 8.70. The van der Waals surface area contributed by atoms with Crippen LogP contribution in [-0.2, 0) is 15.7 Å². The minimum absolute atomic E-state index is 0.294. The van der Waals surface area contributed by atoms with Crippen LogP contribution in [0.4, 0.5) is 10.8 Å². The second-order valence-corrected chi connectivity index (χ2v) is 11.3. The summed E-state index contributed by atoms with van der Waals surface area (Å²) < 4.78 is 24.9. The Morgan fingerprint density at radius 3 is 2.10 bits per heavy atom. The SMILES string of the molecule is O=P([O-])(O)C(O)(CC[n+]1c(-c2ccccc2)csc1Nc1ccccc1)P(=O)(O)O. The first-order chi connectivity index (χ1) is 14.0. The molecule has 1 heterocycles. The van der Waals surface area contributed by atoms with Gasteiger partial charge in [0.25, 0.3) is 0 Å². The van der Waals surface area contributed by atoms with Gasteiger partial charge in [-0.3, -0.25) is 4.57 Å². The molecule has 0 bridgehead atoms. The van der Waals surface area contributed by atoms with E-state index in [1.165, 1.54) is 11.3 Å². The highest BCUT2D eigenvalue weighted by molar-refractivity contribution is 7.71. The Hall–Kier alpha value is -1.87. The standard InChI is InChI=1S/C18H20N2O7P2S/c21-18(28(22,23)24,29(25,26)27)11-12-20-16(14-7-3-1-4-8-14)13-30-17(20)19-15-9-5-2-6-10-15/h1-10,13,21H,11-12H2,(H4,22,23,24,25,26,27). The summed E-state index contributed by atoms with van der Waals surface area (Å²) in [7, 11) is -11.4. The fourth-order valence-electron chi connectivity index (χ4n) is 2.86. The molecule has 0 spiro atoms. The van der Waals surface area contributed by atoms with Crippen molar-refractivity contribution in [3.8, 4) is 11.3 Å². The van der Waals surface area contributed by atoms with E-state index in [1.807, 2.05) is 60.7 Å². The fraction of sp³-hybridized carbons (Fsp3) is 0.167. The maximum Gasteiger partial charge on any atom is 0.365 e. The lowest BCUT2D eigenvalue weighted by atomic mass is 10.2. The van der Waals surface area contributed by atoms with Crippen LogP contribution in [0, 0.1) is 0 Å². The van der Waals surface area contributed by atoms with Crippen LogP contribution >= 0.6 is 26.5 Å². The van der Waals surface area contributed by atoms with E-state index in [1.54, 1.807) is 9.95 Å². The van der Waals surface area contributed by atoms with Crippen molar-refractivity contribution in [3.63, 3.8) is 0 Å². The molecule has 12 heteroatoms. The number of nitrogens with zero attached hydrogens (tertiary/aromatic N) is 1. The third-order valence-corrected chi connectivity index (χ3v) is 9.21. The zero-order valence-corrected chi connectivity index (χ0v) is 18.1. The molecule has 0 amide bonds. The molecule has 1 aromatic heterocycles. The zero-order valence-electron chi connectivity index (χ0n) is 15.5. The fourth-order valence-corrected chi connectivity index (χ4v) is 5.93. The minimum Gasteiger partial charge on any atom is -0.776 e. The number of para-hydroxylation sites is 1. The monoisotopic (exact) mass is 470 g/mol. The van der Waals surface area contributed by atoms with Crippen LogP contribution < -0.4 is 14.8 Å². The van der Waals surface area contributed by atoms with Crippen LogP contribution in [0.5, 0.6) is 0 Å². The molecule has 5 N–H and O–H groups in total. The molecule has 0 saturated carbocycles. The van der Waals surface area contributed by atoms with Crippen LogP contribution in [0.15, 0.2) is 66.0 Å². The molecule has 9 nitrogen and oxygen atoms in total. The average Bonchev–Trinajstić information content (AvgIpc) is 3.08.